The predicted octanol–water partition coefficient (Wildman–Crippen LogP) is 3.75. The highest BCUT2D eigenvalue weighted by Crippen LogP contribution is 2.43. The maximum Gasteiger partial charge on any atom is 0.281 e. The fourth-order valence-corrected chi connectivity index (χ4v) is 5.28. The number of benzene rings is 1. The summed E-state index contributed by atoms with van der Waals surface area (Å²) >= 11 is 5.34. The summed E-state index contributed by atoms with van der Waals surface area (Å²) in [7, 11) is 0. The second kappa shape index (κ2) is 6.40. The molecule has 3 aliphatic rings. The SMILES string of the molecule is CC1=NN(C2=N[C@@H]3CC[C@H](Br)[C@@H]3S2)C(=O)[C@H]1N=Nc1ccccc1. The third-order valence-electron chi connectivity index (χ3n) is 4.31. The van der Waals surface area contributed by atoms with E-state index in [9.17, 15) is 4.79 Å². The number of nitrogens with zero attached hydrogens (tertiary/aromatic N) is 5. The van der Waals surface area contributed by atoms with Crippen molar-refractivity contribution in [2.24, 2.45) is 20.3 Å². The van der Waals surface area contributed by atoms with Crippen LogP contribution in [-0.2, 0) is 4.79 Å². The van der Waals surface area contributed by atoms with E-state index in [2.05, 4.69) is 31.3 Å². The molecule has 124 valence electrons. The number of carbonyl (C=O) groups is 1. The van der Waals surface area contributed by atoms with Gasteiger partial charge in [-0.15, -0.1) is 0 Å². The Labute approximate surface area is 152 Å². The summed E-state index contributed by atoms with van der Waals surface area (Å²) in [6.45, 7) is 1.81. The van der Waals surface area contributed by atoms with Crippen molar-refractivity contribution in [1.29, 1.82) is 0 Å². The van der Waals surface area contributed by atoms with Gasteiger partial charge in [0.1, 0.15) is 0 Å². The predicted molar refractivity (Wildman–Crippen MR) is 99.3 cm³/mol. The van der Waals surface area contributed by atoms with Gasteiger partial charge in [0.05, 0.1) is 17.4 Å². The largest absolute Gasteiger partial charge is 0.281 e. The summed E-state index contributed by atoms with van der Waals surface area (Å²) in [6.07, 6.45) is 2.18. The number of amides is 1. The molecule has 0 aromatic heterocycles. The van der Waals surface area contributed by atoms with E-state index in [0.717, 1.165) is 18.5 Å². The Bertz CT molecular complexity index is 750. The Kier molecular flexibility index (Phi) is 4.26. The molecule has 0 spiro atoms. The number of hydrogen-bond donors (Lipinski definition) is 0. The zero-order chi connectivity index (χ0) is 16.7. The van der Waals surface area contributed by atoms with Crippen molar-refractivity contribution >= 4 is 50.2 Å². The Hall–Kier alpha value is -1.54. The molecule has 2 aliphatic heterocycles. The summed E-state index contributed by atoms with van der Waals surface area (Å²) in [5, 5.41) is 15.2. The first-order valence-corrected chi connectivity index (χ1v) is 9.66. The number of fused-ring (bicyclic) bond motifs is 1. The second-order valence-electron chi connectivity index (χ2n) is 6.00. The zero-order valence-electron chi connectivity index (χ0n) is 13.0. The third-order valence-corrected chi connectivity index (χ3v) is 7.10. The normalized spacial score (nSPS) is 32.4. The monoisotopic (exact) mass is 405 g/mol. The van der Waals surface area contributed by atoms with Crippen LogP contribution in [0.3, 0.4) is 0 Å². The minimum Gasteiger partial charge on any atom is -0.269 e. The number of amidine groups is 1. The van der Waals surface area contributed by atoms with Gasteiger partial charge in [-0.3, -0.25) is 9.79 Å². The summed E-state index contributed by atoms with van der Waals surface area (Å²) < 4.78 is 0. The maximum atomic E-state index is 12.7. The van der Waals surface area contributed by atoms with Crippen molar-refractivity contribution in [3.8, 4) is 0 Å². The topological polar surface area (TPSA) is 69.8 Å². The fraction of sp³-hybridized carbons (Fsp3) is 0.438. The van der Waals surface area contributed by atoms with Gasteiger partial charge >= 0.3 is 0 Å². The summed E-state index contributed by atoms with van der Waals surface area (Å²) in [6, 6.07) is 9.01. The minimum absolute atomic E-state index is 0.176. The molecule has 1 aromatic carbocycles. The highest BCUT2D eigenvalue weighted by molar-refractivity contribution is 9.09. The molecule has 2 heterocycles. The zero-order valence-corrected chi connectivity index (χ0v) is 15.4. The van der Waals surface area contributed by atoms with Crippen molar-refractivity contribution in [2.45, 2.75) is 41.9 Å². The number of alkyl halides is 1. The Morgan fingerprint density at radius 2 is 2.08 bits per heavy atom. The Morgan fingerprint density at radius 3 is 2.83 bits per heavy atom. The first-order chi connectivity index (χ1) is 11.6. The van der Waals surface area contributed by atoms with Crippen LogP contribution in [0.1, 0.15) is 19.8 Å². The molecule has 0 saturated heterocycles. The van der Waals surface area contributed by atoms with Gasteiger partial charge in [-0.1, -0.05) is 45.9 Å². The van der Waals surface area contributed by atoms with Crippen LogP contribution in [0.5, 0.6) is 0 Å². The number of halogens is 1. The molecular formula is C16H16BrN5OS. The molecule has 0 unspecified atom stereocenters. The smallest absolute Gasteiger partial charge is 0.269 e. The number of thioether (sulfide) groups is 1. The minimum atomic E-state index is -0.659. The summed E-state index contributed by atoms with van der Waals surface area (Å²) in [5.41, 5.74) is 1.37. The van der Waals surface area contributed by atoms with Gasteiger partial charge in [-0.25, -0.2) is 0 Å². The number of hydrazone groups is 1. The third kappa shape index (κ3) is 2.82. The molecule has 6 nitrogen and oxygen atoms in total. The van der Waals surface area contributed by atoms with Crippen molar-refractivity contribution < 1.29 is 4.79 Å². The van der Waals surface area contributed by atoms with Crippen LogP contribution in [0.4, 0.5) is 5.69 Å². The van der Waals surface area contributed by atoms with Gasteiger partial charge in [0, 0.05) is 10.1 Å². The number of hydrogen-bond acceptors (Lipinski definition) is 6. The average molecular weight is 406 g/mol. The molecule has 1 aromatic rings. The quantitative estimate of drug-likeness (QED) is 0.555. The van der Waals surface area contributed by atoms with E-state index < -0.39 is 6.04 Å². The highest BCUT2D eigenvalue weighted by Gasteiger charge is 2.45. The summed E-state index contributed by atoms with van der Waals surface area (Å²) in [4.78, 5) is 17.8. The van der Waals surface area contributed by atoms with Gasteiger partial charge in [-0.2, -0.15) is 20.3 Å². The van der Waals surface area contributed by atoms with Gasteiger partial charge < -0.3 is 0 Å². The molecule has 4 atom stereocenters. The van der Waals surface area contributed by atoms with Crippen LogP contribution in [0.2, 0.25) is 0 Å². The first kappa shape index (κ1) is 16.0. The molecular weight excluding hydrogens is 390 g/mol. The van der Waals surface area contributed by atoms with Gasteiger partial charge in [0.15, 0.2) is 11.2 Å². The molecule has 1 saturated carbocycles. The van der Waals surface area contributed by atoms with E-state index in [1.165, 1.54) is 5.01 Å². The second-order valence-corrected chi connectivity index (χ2v) is 8.32. The van der Waals surface area contributed by atoms with E-state index in [1.54, 1.807) is 18.7 Å². The van der Waals surface area contributed by atoms with Gasteiger partial charge in [0.25, 0.3) is 5.91 Å². The van der Waals surface area contributed by atoms with Crippen LogP contribution in [-0.4, -0.2) is 44.0 Å². The maximum absolute atomic E-state index is 12.7. The fourth-order valence-electron chi connectivity index (χ4n) is 3.03. The highest BCUT2D eigenvalue weighted by atomic mass is 79.9. The van der Waals surface area contributed by atoms with E-state index in [1.807, 2.05) is 30.3 Å². The van der Waals surface area contributed by atoms with E-state index >= 15 is 0 Å². The average Bonchev–Trinajstić information content (AvgIpc) is 3.23. The van der Waals surface area contributed by atoms with Crippen molar-refractivity contribution in [1.82, 2.24) is 5.01 Å². The standard InChI is InChI=1S/C16H16BrN5OS/c1-9-13(20-19-10-5-3-2-4-6-10)15(23)22(21-9)16-18-12-8-7-11(17)14(12)24-16/h2-6,11-14H,7-8H2,1H3/t11-,12+,13-,14-/m0/s1. The molecule has 24 heavy (non-hydrogen) atoms. The number of rotatable bonds is 2. The molecule has 8 heteroatoms. The molecule has 0 bridgehead atoms. The van der Waals surface area contributed by atoms with Crippen LogP contribution >= 0.6 is 27.7 Å². The van der Waals surface area contributed by atoms with Gasteiger partial charge in [-0.05, 0) is 31.9 Å². The lowest BCUT2D eigenvalue weighted by atomic mass is 10.2. The van der Waals surface area contributed by atoms with Gasteiger partial charge in [0.2, 0.25) is 0 Å². The molecule has 4 rings (SSSR count). The molecule has 1 fully saturated rings. The molecule has 1 aliphatic carbocycles. The van der Waals surface area contributed by atoms with E-state index in [4.69, 9.17) is 4.99 Å². The number of aliphatic imine (C=N–C) groups is 1. The van der Waals surface area contributed by atoms with Crippen LogP contribution in [0, 0.1) is 0 Å². The van der Waals surface area contributed by atoms with E-state index in [0.29, 0.717) is 21.0 Å². The lowest BCUT2D eigenvalue weighted by Gasteiger charge is -2.14. The molecule has 1 amide bonds. The first-order valence-electron chi connectivity index (χ1n) is 7.87. The summed E-state index contributed by atoms with van der Waals surface area (Å²) in [5.74, 6) is -0.176. The van der Waals surface area contributed by atoms with E-state index in [-0.39, 0.29) is 11.9 Å². The van der Waals surface area contributed by atoms with Crippen LogP contribution < -0.4 is 0 Å². The van der Waals surface area contributed by atoms with Crippen molar-refractivity contribution in [3.05, 3.63) is 30.3 Å². The van der Waals surface area contributed by atoms with Crippen molar-refractivity contribution in [2.75, 3.05) is 0 Å². The lowest BCUT2D eigenvalue weighted by molar-refractivity contribution is -0.125. The Balaban J connectivity index is 1.50. The number of carbonyl (C=O) groups excluding carboxylic acids is 1. The van der Waals surface area contributed by atoms with Crippen molar-refractivity contribution in [3.63, 3.8) is 0 Å². The molecule has 0 N–H and O–H groups in total. The lowest BCUT2D eigenvalue weighted by Crippen LogP contribution is -2.32. The molecule has 0 radical (unpaired) electrons. The Morgan fingerprint density at radius 1 is 1.29 bits per heavy atom. The van der Waals surface area contributed by atoms with Crippen LogP contribution in [0.15, 0.2) is 50.7 Å². The van der Waals surface area contributed by atoms with Crippen LogP contribution in [0.25, 0.3) is 0 Å². The number of azo groups is 1.